The van der Waals surface area contributed by atoms with E-state index in [0.717, 1.165) is 32.5 Å². The molecular formula is C13H27N3O2. The van der Waals surface area contributed by atoms with Crippen LogP contribution in [0.5, 0.6) is 0 Å². The molecule has 106 valence electrons. The van der Waals surface area contributed by atoms with Gasteiger partial charge in [-0.1, -0.05) is 19.0 Å². The Hall–Kier alpha value is -0.810. The van der Waals surface area contributed by atoms with E-state index in [2.05, 4.69) is 10.1 Å². The summed E-state index contributed by atoms with van der Waals surface area (Å²) in [4.78, 5) is 2.43. The smallest absolute Gasteiger partial charge is 0.144 e. The number of rotatable bonds is 6. The molecule has 4 N–H and O–H groups in total. The number of hydrogen-bond acceptors (Lipinski definition) is 4. The van der Waals surface area contributed by atoms with Crippen molar-refractivity contribution in [3.8, 4) is 0 Å². The van der Waals surface area contributed by atoms with Crippen LogP contribution in [0.1, 0.15) is 39.5 Å². The Kier molecular flexibility index (Phi) is 5.88. The van der Waals surface area contributed by atoms with E-state index >= 15 is 0 Å². The van der Waals surface area contributed by atoms with Crippen molar-refractivity contribution in [2.45, 2.75) is 39.5 Å². The molecule has 1 aliphatic heterocycles. The summed E-state index contributed by atoms with van der Waals surface area (Å²) in [7, 11) is 0. The van der Waals surface area contributed by atoms with Gasteiger partial charge in [-0.15, -0.1) is 0 Å². The van der Waals surface area contributed by atoms with Gasteiger partial charge in [0.2, 0.25) is 0 Å². The highest BCUT2D eigenvalue weighted by Crippen LogP contribution is 2.24. The van der Waals surface area contributed by atoms with Crippen molar-refractivity contribution in [3.63, 3.8) is 0 Å². The zero-order chi connectivity index (χ0) is 13.6. The first-order valence-corrected chi connectivity index (χ1v) is 6.81. The molecule has 0 aromatic heterocycles. The molecule has 0 radical (unpaired) electrons. The summed E-state index contributed by atoms with van der Waals surface area (Å²) in [5.74, 6) is 0.919. The van der Waals surface area contributed by atoms with E-state index in [1.165, 1.54) is 12.8 Å². The van der Waals surface area contributed by atoms with Gasteiger partial charge in [0.25, 0.3) is 0 Å². The highest BCUT2D eigenvalue weighted by molar-refractivity contribution is 5.85. The maximum Gasteiger partial charge on any atom is 0.144 e. The number of piperidine rings is 1. The van der Waals surface area contributed by atoms with Gasteiger partial charge in [0.05, 0.1) is 0 Å². The lowest BCUT2D eigenvalue weighted by atomic mass is 9.87. The second-order valence-corrected chi connectivity index (χ2v) is 5.94. The summed E-state index contributed by atoms with van der Waals surface area (Å²) in [6, 6.07) is 0. The molecule has 1 fully saturated rings. The summed E-state index contributed by atoms with van der Waals surface area (Å²) < 4.78 is 0. The fourth-order valence-electron chi connectivity index (χ4n) is 2.47. The number of oxime groups is 1. The molecule has 0 bridgehead atoms. The van der Waals surface area contributed by atoms with Crippen LogP contribution in [-0.2, 0) is 0 Å². The van der Waals surface area contributed by atoms with Crippen molar-refractivity contribution < 1.29 is 10.3 Å². The van der Waals surface area contributed by atoms with Gasteiger partial charge in [0.1, 0.15) is 5.84 Å². The van der Waals surface area contributed by atoms with Crippen LogP contribution in [-0.4, -0.2) is 47.3 Å². The SMILES string of the molecule is CC(C)(CCN1CCCC(CCO)C1)C(N)=NO. The number of amidine groups is 1. The quantitative estimate of drug-likeness (QED) is 0.289. The maximum absolute atomic E-state index is 8.99. The molecule has 18 heavy (non-hydrogen) atoms. The molecule has 5 heteroatoms. The van der Waals surface area contributed by atoms with Crippen molar-refractivity contribution in [2.75, 3.05) is 26.2 Å². The van der Waals surface area contributed by atoms with Gasteiger partial charge in [0.15, 0.2) is 0 Å². The number of likely N-dealkylation sites (tertiary alicyclic amines) is 1. The van der Waals surface area contributed by atoms with Crippen molar-refractivity contribution in [1.29, 1.82) is 0 Å². The van der Waals surface area contributed by atoms with Crippen molar-refractivity contribution >= 4 is 5.84 Å². The summed E-state index contributed by atoms with van der Waals surface area (Å²) in [6.45, 7) is 7.43. The number of hydrogen-bond donors (Lipinski definition) is 3. The Morgan fingerprint density at radius 2 is 2.22 bits per heavy atom. The Bertz CT molecular complexity index is 277. The van der Waals surface area contributed by atoms with Crippen LogP contribution < -0.4 is 5.73 Å². The molecule has 0 saturated carbocycles. The third-order valence-electron chi connectivity index (χ3n) is 3.99. The van der Waals surface area contributed by atoms with E-state index in [-0.39, 0.29) is 12.0 Å². The van der Waals surface area contributed by atoms with Gasteiger partial charge in [-0.25, -0.2) is 0 Å². The summed E-state index contributed by atoms with van der Waals surface area (Å²) in [6.07, 6.45) is 4.21. The number of nitrogens with two attached hydrogens (primary N) is 1. The second-order valence-electron chi connectivity index (χ2n) is 5.94. The summed E-state index contributed by atoms with van der Waals surface area (Å²) >= 11 is 0. The summed E-state index contributed by atoms with van der Waals surface area (Å²) in [5, 5.41) is 20.8. The Morgan fingerprint density at radius 1 is 1.50 bits per heavy atom. The fourth-order valence-corrected chi connectivity index (χ4v) is 2.47. The van der Waals surface area contributed by atoms with Crippen LogP contribution in [0.3, 0.4) is 0 Å². The molecule has 0 spiro atoms. The first-order valence-electron chi connectivity index (χ1n) is 6.81. The lowest BCUT2D eigenvalue weighted by Gasteiger charge is -2.34. The predicted octanol–water partition coefficient (Wildman–Crippen LogP) is 1.24. The monoisotopic (exact) mass is 257 g/mol. The standard InChI is InChI=1S/C13H27N3O2/c1-13(2,12(14)15-18)6-8-16-7-3-4-11(10-16)5-9-17/h11,17-18H,3-10H2,1-2H3,(H2,14,15). The van der Waals surface area contributed by atoms with E-state index in [9.17, 15) is 0 Å². The minimum Gasteiger partial charge on any atom is -0.409 e. The average molecular weight is 257 g/mol. The molecule has 0 amide bonds. The van der Waals surface area contributed by atoms with Gasteiger partial charge >= 0.3 is 0 Å². The van der Waals surface area contributed by atoms with Crippen LogP contribution in [0.25, 0.3) is 0 Å². The Labute approximate surface area is 110 Å². The highest BCUT2D eigenvalue weighted by atomic mass is 16.4. The maximum atomic E-state index is 8.99. The minimum absolute atomic E-state index is 0.265. The lowest BCUT2D eigenvalue weighted by Crippen LogP contribution is -2.40. The predicted molar refractivity (Wildman–Crippen MR) is 72.7 cm³/mol. The number of aliphatic hydroxyl groups is 1. The van der Waals surface area contributed by atoms with Crippen LogP contribution in [0.4, 0.5) is 0 Å². The highest BCUT2D eigenvalue weighted by Gasteiger charge is 2.26. The Balaban J connectivity index is 2.39. The third-order valence-corrected chi connectivity index (χ3v) is 3.99. The fraction of sp³-hybridized carbons (Fsp3) is 0.923. The molecule has 5 nitrogen and oxygen atoms in total. The molecule has 0 aromatic rings. The first-order chi connectivity index (χ1) is 8.49. The topological polar surface area (TPSA) is 82.1 Å². The molecule has 1 unspecified atom stereocenters. The largest absolute Gasteiger partial charge is 0.409 e. The molecular weight excluding hydrogens is 230 g/mol. The number of aliphatic hydroxyl groups excluding tert-OH is 1. The normalized spacial score (nSPS) is 23.3. The second kappa shape index (κ2) is 6.95. The molecule has 0 aromatic carbocycles. The van der Waals surface area contributed by atoms with E-state index in [0.29, 0.717) is 11.8 Å². The van der Waals surface area contributed by atoms with Gasteiger partial charge < -0.3 is 20.9 Å². The van der Waals surface area contributed by atoms with Crippen molar-refractivity contribution in [1.82, 2.24) is 4.90 Å². The van der Waals surface area contributed by atoms with Gasteiger partial charge in [-0.3, -0.25) is 0 Å². The van der Waals surface area contributed by atoms with Crippen molar-refractivity contribution in [3.05, 3.63) is 0 Å². The minimum atomic E-state index is -0.265. The third kappa shape index (κ3) is 4.46. The Morgan fingerprint density at radius 3 is 2.83 bits per heavy atom. The molecule has 1 saturated heterocycles. The average Bonchev–Trinajstić information content (AvgIpc) is 2.36. The van der Waals surface area contributed by atoms with Crippen LogP contribution in [0, 0.1) is 11.3 Å². The zero-order valence-electron chi connectivity index (χ0n) is 11.6. The van der Waals surface area contributed by atoms with Gasteiger partial charge in [-0.05, 0) is 44.7 Å². The van der Waals surface area contributed by atoms with E-state index < -0.39 is 0 Å². The lowest BCUT2D eigenvalue weighted by molar-refractivity contribution is 0.139. The molecule has 1 atom stereocenters. The van der Waals surface area contributed by atoms with E-state index in [1.807, 2.05) is 13.8 Å². The zero-order valence-corrected chi connectivity index (χ0v) is 11.6. The van der Waals surface area contributed by atoms with Crippen LogP contribution >= 0.6 is 0 Å². The van der Waals surface area contributed by atoms with Gasteiger partial charge in [-0.2, -0.15) is 0 Å². The first kappa shape index (κ1) is 15.2. The molecule has 1 rings (SSSR count). The molecule has 1 heterocycles. The van der Waals surface area contributed by atoms with E-state index in [4.69, 9.17) is 16.0 Å². The van der Waals surface area contributed by atoms with Crippen LogP contribution in [0.15, 0.2) is 5.16 Å². The molecule has 1 aliphatic rings. The van der Waals surface area contributed by atoms with Gasteiger partial charge in [0, 0.05) is 18.6 Å². The van der Waals surface area contributed by atoms with E-state index in [1.54, 1.807) is 0 Å². The van der Waals surface area contributed by atoms with Crippen molar-refractivity contribution in [2.24, 2.45) is 22.2 Å². The van der Waals surface area contributed by atoms with Crippen LogP contribution in [0.2, 0.25) is 0 Å². The molecule has 0 aliphatic carbocycles. The number of nitrogens with zero attached hydrogens (tertiary/aromatic N) is 2. The summed E-state index contributed by atoms with van der Waals surface area (Å²) in [5.41, 5.74) is 5.42.